The fourth-order valence-electron chi connectivity index (χ4n) is 3.04. The lowest BCUT2D eigenvalue weighted by Crippen LogP contribution is -2.29. The molecule has 0 saturated carbocycles. The highest BCUT2D eigenvalue weighted by molar-refractivity contribution is 7.98. The van der Waals surface area contributed by atoms with Crippen LogP contribution in [0.4, 0.5) is 0 Å². The molecule has 1 saturated heterocycles. The first-order valence-electron chi connectivity index (χ1n) is 9.06. The molecule has 6 nitrogen and oxygen atoms in total. The Hall–Kier alpha value is -2.25. The van der Waals surface area contributed by atoms with E-state index in [1.165, 1.54) is 30.5 Å². The first-order chi connectivity index (χ1) is 13.1. The predicted molar refractivity (Wildman–Crippen MR) is 102 cm³/mol. The van der Waals surface area contributed by atoms with Gasteiger partial charge in [0.25, 0.3) is 5.91 Å². The lowest BCUT2D eigenvalue weighted by molar-refractivity contribution is 0.0117. The number of thioether (sulfide) groups is 1. The summed E-state index contributed by atoms with van der Waals surface area (Å²) >= 11 is 1.38. The Morgan fingerprint density at radius 3 is 2.81 bits per heavy atom. The van der Waals surface area contributed by atoms with E-state index in [9.17, 15) is 9.59 Å². The largest absolute Gasteiger partial charge is 0.478 e. The lowest BCUT2D eigenvalue weighted by Gasteiger charge is -2.22. The maximum atomic E-state index is 12.6. The number of rotatable bonds is 8. The van der Waals surface area contributed by atoms with Gasteiger partial charge in [-0.25, -0.2) is 4.79 Å². The van der Waals surface area contributed by atoms with E-state index in [0.29, 0.717) is 23.6 Å². The van der Waals surface area contributed by atoms with Crippen LogP contribution in [0.1, 0.15) is 52.2 Å². The molecule has 0 radical (unpaired) electrons. The van der Waals surface area contributed by atoms with E-state index in [2.05, 4.69) is 5.32 Å². The summed E-state index contributed by atoms with van der Waals surface area (Å²) < 4.78 is 10.9. The van der Waals surface area contributed by atoms with Crippen LogP contribution >= 0.6 is 11.8 Å². The van der Waals surface area contributed by atoms with Gasteiger partial charge in [-0.1, -0.05) is 12.1 Å². The molecule has 1 unspecified atom stereocenters. The number of carboxylic acid groups (broad SMARTS) is 1. The normalized spacial score (nSPS) is 16.8. The van der Waals surface area contributed by atoms with Crippen LogP contribution in [0.2, 0.25) is 0 Å². The van der Waals surface area contributed by atoms with Crippen LogP contribution in [0.25, 0.3) is 0 Å². The summed E-state index contributed by atoms with van der Waals surface area (Å²) in [5.74, 6) is -0.422. The van der Waals surface area contributed by atoms with Crippen molar-refractivity contribution in [1.29, 1.82) is 0 Å². The highest BCUT2D eigenvalue weighted by Gasteiger charge is 2.17. The van der Waals surface area contributed by atoms with Crippen molar-refractivity contribution in [1.82, 2.24) is 5.32 Å². The second kappa shape index (κ2) is 9.62. The standard InChI is InChI=1S/C20H23NO5S/c22-19(21-10-8-14-5-3-4-11-25-14)16-6-1-2-7-18(16)27-13-17-15(20(23)24)9-12-26-17/h1-2,6-7,9,12,14H,3-5,8,10-11,13H2,(H,21,22)(H,23,24). The van der Waals surface area contributed by atoms with Crippen LogP contribution < -0.4 is 5.32 Å². The van der Waals surface area contributed by atoms with E-state index in [1.54, 1.807) is 6.07 Å². The zero-order chi connectivity index (χ0) is 19.1. The average Bonchev–Trinajstić information content (AvgIpc) is 3.16. The molecule has 2 heterocycles. The molecule has 1 aliphatic heterocycles. The quantitative estimate of drug-likeness (QED) is 0.665. The predicted octanol–water partition coefficient (Wildman–Crippen LogP) is 3.96. The van der Waals surface area contributed by atoms with Gasteiger partial charge < -0.3 is 19.6 Å². The third-order valence-electron chi connectivity index (χ3n) is 4.49. The lowest BCUT2D eigenvalue weighted by atomic mass is 10.1. The van der Waals surface area contributed by atoms with Crippen molar-refractivity contribution in [3.8, 4) is 0 Å². The van der Waals surface area contributed by atoms with E-state index < -0.39 is 5.97 Å². The van der Waals surface area contributed by atoms with Crippen LogP contribution in [0.3, 0.4) is 0 Å². The first kappa shape index (κ1) is 19.5. The summed E-state index contributed by atoms with van der Waals surface area (Å²) in [5.41, 5.74) is 0.729. The number of carboxylic acids is 1. The smallest absolute Gasteiger partial charge is 0.339 e. The number of hydrogen-bond donors (Lipinski definition) is 2. The summed E-state index contributed by atoms with van der Waals surface area (Å²) in [5, 5.41) is 12.1. The minimum absolute atomic E-state index is 0.133. The fourth-order valence-corrected chi connectivity index (χ4v) is 4.04. The average molecular weight is 389 g/mol. The summed E-state index contributed by atoms with van der Waals surface area (Å²) in [7, 11) is 0. The Morgan fingerprint density at radius 2 is 2.04 bits per heavy atom. The second-order valence-electron chi connectivity index (χ2n) is 6.38. The number of furan rings is 1. The Kier molecular flexibility index (Phi) is 6.95. The molecule has 3 rings (SSSR count). The molecule has 1 aromatic heterocycles. The van der Waals surface area contributed by atoms with E-state index in [0.717, 1.165) is 30.8 Å². The van der Waals surface area contributed by atoms with Crippen molar-refractivity contribution < 1.29 is 23.8 Å². The minimum Gasteiger partial charge on any atom is -0.478 e. The van der Waals surface area contributed by atoms with Gasteiger partial charge in [-0.3, -0.25) is 4.79 Å². The van der Waals surface area contributed by atoms with Gasteiger partial charge in [-0.2, -0.15) is 0 Å². The van der Waals surface area contributed by atoms with Gasteiger partial charge in [0.05, 0.1) is 23.7 Å². The van der Waals surface area contributed by atoms with E-state index >= 15 is 0 Å². The van der Waals surface area contributed by atoms with E-state index in [4.69, 9.17) is 14.3 Å². The molecule has 0 bridgehead atoms. The summed E-state index contributed by atoms with van der Waals surface area (Å²) in [6.07, 6.45) is 5.77. The SMILES string of the molecule is O=C(NCCC1CCCCO1)c1ccccc1SCc1occc1C(=O)O. The molecular weight excluding hydrogens is 366 g/mol. The Labute approximate surface area is 162 Å². The van der Waals surface area contributed by atoms with Crippen molar-refractivity contribution in [2.45, 2.75) is 42.4 Å². The molecule has 1 atom stereocenters. The van der Waals surface area contributed by atoms with Crippen molar-refractivity contribution in [2.75, 3.05) is 13.2 Å². The highest BCUT2D eigenvalue weighted by atomic mass is 32.2. The number of aromatic carboxylic acids is 1. The first-order valence-corrected chi connectivity index (χ1v) is 10.0. The maximum absolute atomic E-state index is 12.6. The maximum Gasteiger partial charge on any atom is 0.339 e. The van der Waals surface area contributed by atoms with Crippen LogP contribution in [-0.4, -0.2) is 36.2 Å². The van der Waals surface area contributed by atoms with Crippen LogP contribution in [0.5, 0.6) is 0 Å². The summed E-state index contributed by atoms with van der Waals surface area (Å²) in [6, 6.07) is 8.74. The topological polar surface area (TPSA) is 88.8 Å². The number of ether oxygens (including phenoxy) is 1. The summed E-state index contributed by atoms with van der Waals surface area (Å²) in [6.45, 7) is 1.38. The van der Waals surface area contributed by atoms with Crippen molar-refractivity contribution >= 4 is 23.6 Å². The summed E-state index contributed by atoms with van der Waals surface area (Å²) in [4.78, 5) is 24.5. The Balaban J connectivity index is 1.56. The molecule has 144 valence electrons. The molecule has 0 spiro atoms. The van der Waals surface area contributed by atoms with E-state index in [1.807, 2.05) is 18.2 Å². The number of nitrogens with one attached hydrogen (secondary N) is 1. The number of amides is 1. The number of carbonyl (C=O) groups excluding carboxylic acids is 1. The van der Waals surface area contributed by atoms with E-state index in [-0.39, 0.29) is 17.6 Å². The molecule has 7 heteroatoms. The third kappa shape index (κ3) is 5.37. The van der Waals surface area contributed by atoms with Crippen LogP contribution in [0.15, 0.2) is 45.9 Å². The molecule has 2 N–H and O–H groups in total. The van der Waals surface area contributed by atoms with Gasteiger partial charge in [-0.15, -0.1) is 11.8 Å². The minimum atomic E-state index is -1.02. The number of hydrogen-bond acceptors (Lipinski definition) is 5. The zero-order valence-corrected chi connectivity index (χ0v) is 15.8. The molecule has 1 amide bonds. The molecule has 2 aromatic rings. The molecule has 0 aliphatic carbocycles. The third-order valence-corrected chi connectivity index (χ3v) is 5.57. The monoisotopic (exact) mass is 389 g/mol. The molecule has 1 aliphatic rings. The number of benzene rings is 1. The van der Waals surface area contributed by atoms with Gasteiger partial charge in [-0.05, 0) is 43.9 Å². The van der Waals surface area contributed by atoms with Gasteiger partial charge in [0.2, 0.25) is 0 Å². The molecular formula is C20H23NO5S. The molecule has 1 fully saturated rings. The van der Waals surface area contributed by atoms with Gasteiger partial charge in [0.1, 0.15) is 11.3 Å². The zero-order valence-electron chi connectivity index (χ0n) is 15.0. The fraction of sp³-hybridized carbons (Fsp3) is 0.400. The molecule has 1 aromatic carbocycles. The Morgan fingerprint density at radius 1 is 1.19 bits per heavy atom. The second-order valence-corrected chi connectivity index (χ2v) is 7.40. The van der Waals surface area contributed by atoms with Gasteiger partial charge in [0, 0.05) is 18.0 Å². The van der Waals surface area contributed by atoms with Crippen LogP contribution in [0, 0.1) is 0 Å². The van der Waals surface area contributed by atoms with Gasteiger partial charge >= 0.3 is 5.97 Å². The van der Waals surface area contributed by atoms with Crippen molar-refractivity contribution in [3.63, 3.8) is 0 Å². The number of carbonyl (C=O) groups is 2. The molecule has 27 heavy (non-hydrogen) atoms. The van der Waals surface area contributed by atoms with Crippen LogP contribution in [-0.2, 0) is 10.5 Å². The van der Waals surface area contributed by atoms with Crippen molar-refractivity contribution in [2.24, 2.45) is 0 Å². The highest BCUT2D eigenvalue weighted by Crippen LogP contribution is 2.28. The van der Waals surface area contributed by atoms with Crippen molar-refractivity contribution in [3.05, 3.63) is 53.5 Å². The Bertz CT molecular complexity index is 782. The van der Waals surface area contributed by atoms with Gasteiger partial charge in [0.15, 0.2) is 0 Å².